The highest BCUT2D eigenvalue weighted by atomic mass is 16.6. The van der Waals surface area contributed by atoms with Crippen molar-refractivity contribution in [1.82, 2.24) is 0 Å². The second-order valence-electron chi connectivity index (χ2n) is 21.3. The van der Waals surface area contributed by atoms with Gasteiger partial charge in [0, 0.05) is 19.3 Å². The van der Waals surface area contributed by atoms with E-state index in [0.717, 1.165) is 116 Å². The van der Waals surface area contributed by atoms with Gasteiger partial charge in [-0.25, -0.2) is 0 Å². The van der Waals surface area contributed by atoms with Crippen LogP contribution >= 0.6 is 0 Å². The molecule has 0 aliphatic carbocycles. The summed E-state index contributed by atoms with van der Waals surface area (Å²) in [6.45, 7) is 6.43. The molecule has 0 rings (SSSR count). The van der Waals surface area contributed by atoms with Gasteiger partial charge in [0.25, 0.3) is 0 Å². The van der Waals surface area contributed by atoms with Crippen LogP contribution in [0.4, 0.5) is 0 Å². The molecule has 6 heteroatoms. The maximum Gasteiger partial charge on any atom is 0.306 e. The maximum absolute atomic E-state index is 12.9. The summed E-state index contributed by atoms with van der Waals surface area (Å²) in [6.07, 6.45) is 85.6. The zero-order chi connectivity index (χ0) is 55.0. The number of ether oxygens (including phenoxy) is 3. The Bertz CT molecular complexity index is 1490. The van der Waals surface area contributed by atoms with E-state index < -0.39 is 6.10 Å². The lowest BCUT2D eigenvalue weighted by Crippen LogP contribution is -2.30. The van der Waals surface area contributed by atoms with Crippen LogP contribution in [0.1, 0.15) is 310 Å². The molecule has 0 spiro atoms. The van der Waals surface area contributed by atoms with Crippen molar-refractivity contribution >= 4 is 17.9 Å². The summed E-state index contributed by atoms with van der Waals surface area (Å²) in [6, 6.07) is 0. The lowest BCUT2D eigenvalue weighted by atomic mass is 10.0. The van der Waals surface area contributed by atoms with Crippen molar-refractivity contribution in [1.29, 1.82) is 0 Å². The van der Waals surface area contributed by atoms with Crippen molar-refractivity contribution in [2.45, 2.75) is 316 Å². The molecule has 0 heterocycles. The molecular formula is C70H120O6. The number of rotatable bonds is 58. The first kappa shape index (κ1) is 72.3. The SMILES string of the molecule is CC/C=C\C/C=C\C/C=C\C/C=C\C/C=C\CCCCCCCCCCCCCCCC(=O)OCC(COC(=O)CCCCCCCCCCCCCC)OC(=O)CCCCCCCCC/C=C\C/C=C\C/C=C\CC. The van der Waals surface area contributed by atoms with Crippen molar-refractivity contribution < 1.29 is 28.6 Å². The topological polar surface area (TPSA) is 78.9 Å². The molecule has 0 aromatic heterocycles. The molecule has 0 aromatic rings. The normalized spacial score (nSPS) is 12.7. The van der Waals surface area contributed by atoms with E-state index in [-0.39, 0.29) is 31.1 Å². The van der Waals surface area contributed by atoms with Crippen molar-refractivity contribution in [3.63, 3.8) is 0 Å². The summed E-state index contributed by atoms with van der Waals surface area (Å²) in [5.74, 6) is -0.879. The smallest absolute Gasteiger partial charge is 0.306 e. The van der Waals surface area contributed by atoms with E-state index in [1.165, 1.54) is 154 Å². The predicted octanol–water partition coefficient (Wildman–Crippen LogP) is 22.0. The minimum absolute atomic E-state index is 0.0783. The zero-order valence-electron chi connectivity index (χ0n) is 50.0. The summed E-state index contributed by atoms with van der Waals surface area (Å²) in [7, 11) is 0. The minimum atomic E-state index is -0.782. The first-order chi connectivity index (χ1) is 37.5. The minimum Gasteiger partial charge on any atom is -0.462 e. The van der Waals surface area contributed by atoms with Gasteiger partial charge in [-0.2, -0.15) is 0 Å². The lowest BCUT2D eigenvalue weighted by Gasteiger charge is -2.18. The third kappa shape index (κ3) is 61.2. The van der Waals surface area contributed by atoms with Gasteiger partial charge in [-0.3, -0.25) is 14.4 Å². The van der Waals surface area contributed by atoms with Gasteiger partial charge in [0.15, 0.2) is 6.10 Å². The molecule has 436 valence electrons. The van der Waals surface area contributed by atoms with E-state index >= 15 is 0 Å². The van der Waals surface area contributed by atoms with Gasteiger partial charge in [-0.05, 0) is 96.3 Å². The molecule has 0 N–H and O–H groups in total. The van der Waals surface area contributed by atoms with Crippen LogP contribution in [0.3, 0.4) is 0 Å². The molecule has 0 aliphatic rings. The van der Waals surface area contributed by atoms with Crippen molar-refractivity contribution in [3.8, 4) is 0 Å². The summed E-state index contributed by atoms with van der Waals surface area (Å²) < 4.78 is 16.9. The van der Waals surface area contributed by atoms with E-state index in [9.17, 15) is 14.4 Å². The second kappa shape index (κ2) is 63.9. The Labute approximate surface area is 470 Å². The standard InChI is InChI=1S/C70H120O6/c1-4-7-10-13-16-19-22-25-27-29-30-31-32-33-34-35-36-37-38-39-40-42-43-45-48-51-54-57-60-63-69(72)75-66-67(65-74-68(71)62-59-56-53-50-47-24-21-18-15-12-9-6-3)76-70(73)64-61-58-55-52-49-46-44-41-28-26-23-20-17-14-11-8-5-2/h7-8,10-11,16-17,19-20,25-28,30-31,33-34,67H,4-6,9,12-15,18,21-24,29,32,35-66H2,1-3H3/b10-7-,11-8-,19-16-,20-17-,27-25-,28-26-,31-30-,34-33-. The fourth-order valence-electron chi connectivity index (χ4n) is 9.07. The molecule has 0 aliphatic heterocycles. The zero-order valence-corrected chi connectivity index (χ0v) is 50.0. The van der Waals surface area contributed by atoms with Crippen molar-refractivity contribution in [2.75, 3.05) is 13.2 Å². The Kier molecular flexibility index (Phi) is 60.8. The van der Waals surface area contributed by atoms with Crippen LogP contribution in [-0.2, 0) is 28.6 Å². The third-order valence-corrected chi connectivity index (χ3v) is 13.8. The molecule has 1 atom stereocenters. The van der Waals surface area contributed by atoms with E-state index in [0.29, 0.717) is 19.3 Å². The summed E-state index contributed by atoms with van der Waals surface area (Å²) in [5.41, 5.74) is 0. The molecule has 0 aromatic carbocycles. The summed E-state index contributed by atoms with van der Waals surface area (Å²) in [4.78, 5) is 38.3. The predicted molar refractivity (Wildman–Crippen MR) is 330 cm³/mol. The van der Waals surface area contributed by atoms with Crippen LogP contribution in [0.2, 0.25) is 0 Å². The Morgan fingerprint density at radius 2 is 0.513 bits per heavy atom. The fraction of sp³-hybridized carbons (Fsp3) is 0.729. The van der Waals surface area contributed by atoms with Gasteiger partial charge in [-0.1, -0.05) is 291 Å². The second-order valence-corrected chi connectivity index (χ2v) is 21.3. The molecule has 76 heavy (non-hydrogen) atoms. The Hall–Kier alpha value is -3.67. The van der Waals surface area contributed by atoms with E-state index in [4.69, 9.17) is 14.2 Å². The molecule has 0 fully saturated rings. The molecule has 0 saturated heterocycles. The van der Waals surface area contributed by atoms with Gasteiger partial charge in [-0.15, -0.1) is 0 Å². The Morgan fingerprint density at radius 1 is 0.276 bits per heavy atom. The number of carbonyl (C=O) groups is 3. The average Bonchev–Trinajstić information content (AvgIpc) is 3.42. The van der Waals surface area contributed by atoms with Gasteiger partial charge >= 0.3 is 17.9 Å². The van der Waals surface area contributed by atoms with E-state index in [2.05, 4.69) is 118 Å². The third-order valence-electron chi connectivity index (χ3n) is 13.8. The number of allylic oxidation sites excluding steroid dienone is 16. The Balaban J connectivity index is 4.24. The molecular weight excluding hydrogens is 937 g/mol. The molecule has 0 amide bonds. The number of hydrogen-bond acceptors (Lipinski definition) is 6. The van der Waals surface area contributed by atoms with E-state index in [1.807, 2.05) is 0 Å². The first-order valence-corrected chi connectivity index (χ1v) is 32.2. The van der Waals surface area contributed by atoms with Crippen LogP contribution in [0.15, 0.2) is 97.2 Å². The highest BCUT2D eigenvalue weighted by Crippen LogP contribution is 2.17. The summed E-state index contributed by atoms with van der Waals surface area (Å²) in [5, 5.41) is 0. The average molecular weight is 1060 g/mol. The number of hydrogen-bond donors (Lipinski definition) is 0. The van der Waals surface area contributed by atoms with Gasteiger partial charge < -0.3 is 14.2 Å². The maximum atomic E-state index is 12.9. The monoisotopic (exact) mass is 1060 g/mol. The highest BCUT2D eigenvalue weighted by molar-refractivity contribution is 5.71. The van der Waals surface area contributed by atoms with Crippen LogP contribution < -0.4 is 0 Å². The van der Waals surface area contributed by atoms with Gasteiger partial charge in [0.05, 0.1) is 0 Å². The molecule has 0 bridgehead atoms. The van der Waals surface area contributed by atoms with Crippen LogP contribution in [0.5, 0.6) is 0 Å². The quantitative estimate of drug-likeness (QED) is 0.0261. The van der Waals surface area contributed by atoms with Gasteiger partial charge in [0.1, 0.15) is 13.2 Å². The molecule has 6 nitrogen and oxygen atoms in total. The number of carbonyl (C=O) groups excluding carboxylic acids is 3. The Morgan fingerprint density at radius 3 is 0.803 bits per heavy atom. The van der Waals surface area contributed by atoms with E-state index in [1.54, 1.807) is 0 Å². The lowest BCUT2D eigenvalue weighted by molar-refractivity contribution is -0.167. The summed E-state index contributed by atoms with van der Waals surface area (Å²) >= 11 is 0. The van der Waals surface area contributed by atoms with Crippen LogP contribution in [0, 0.1) is 0 Å². The van der Waals surface area contributed by atoms with Crippen LogP contribution in [-0.4, -0.2) is 37.2 Å². The van der Waals surface area contributed by atoms with Crippen molar-refractivity contribution in [2.24, 2.45) is 0 Å². The first-order valence-electron chi connectivity index (χ1n) is 32.2. The fourth-order valence-corrected chi connectivity index (χ4v) is 9.07. The van der Waals surface area contributed by atoms with Crippen molar-refractivity contribution in [3.05, 3.63) is 97.2 Å². The number of esters is 3. The molecule has 0 saturated carbocycles. The molecule has 1 unspecified atom stereocenters. The van der Waals surface area contributed by atoms with Gasteiger partial charge in [0.2, 0.25) is 0 Å². The molecule has 0 radical (unpaired) electrons. The highest BCUT2D eigenvalue weighted by Gasteiger charge is 2.19. The number of unbranched alkanes of at least 4 members (excludes halogenated alkanes) is 31. The van der Waals surface area contributed by atoms with Crippen LogP contribution in [0.25, 0.3) is 0 Å². The largest absolute Gasteiger partial charge is 0.462 e.